The van der Waals surface area contributed by atoms with Crippen LogP contribution in [-0.2, 0) is 24.3 Å². The summed E-state index contributed by atoms with van der Waals surface area (Å²) in [5.74, 6) is 2.04. The van der Waals surface area contributed by atoms with Crippen molar-refractivity contribution in [1.82, 2.24) is 25.1 Å². The van der Waals surface area contributed by atoms with E-state index in [9.17, 15) is 4.79 Å². The second kappa shape index (κ2) is 8.24. The molecule has 0 radical (unpaired) electrons. The Morgan fingerprint density at radius 3 is 3.00 bits per heavy atom. The van der Waals surface area contributed by atoms with Crippen LogP contribution in [0, 0.1) is 10.7 Å². The third kappa shape index (κ3) is 5.12. The number of carbonyl (C=O) groups is 1. The molecule has 2 heterocycles. The number of hydrogen-bond acceptors (Lipinski definition) is 5. The number of H-pyrrole nitrogens is 1. The van der Waals surface area contributed by atoms with Crippen LogP contribution in [0.5, 0.6) is 5.88 Å². The largest absolute Gasteiger partial charge is 0.477 e. The Labute approximate surface area is 151 Å². The van der Waals surface area contributed by atoms with Gasteiger partial charge in [-0.15, -0.1) is 0 Å². The monoisotopic (exact) mass is 361 g/mol. The number of nitrogens with one attached hydrogen (secondary N) is 2. The first-order chi connectivity index (χ1) is 12.2. The molecule has 134 valence electrons. The summed E-state index contributed by atoms with van der Waals surface area (Å²) in [5.41, 5.74) is 0.927. The summed E-state index contributed by atoms with van der Waals surface area (Å²) in [6.45, 7) is 3.39. The highest BCUT2D eigenvalue weighted by atomic mass is 32.1. The molecule has 0 saturated heterocycles. The maximum atomic E-state index is 12.2. The summed E-state index contributed by atoms with van der Waals surface area (Å²) in [4.78, 5) is 16.5. The van der Waals surface area contributed by atoms with E-state index in [1.807, 2.05) is 12.1 Å². The number of carbonyl (C=O) groups excluding carboxylic acids is 1. The smallest absolute Gasteiger partial charge is 0.240 e. The molecule has 1 amide bonds. The topological polar surface area (TPSA) is 84.8 Å². The molecule has 2 N–H and O–H groups in total. The van der Waals surface area contributed by atoms with Gasteiger partial charge in [0.15, 0.2) is 4.77 Å². The number of pyridine rings is 1. The zero-order chi connectivity index (χ0) is 17.6. The lowest BCUT2D eigenvalue weighted by Gasteiger charge is -2.08. The molecular formula is C17H23N5O2S. The van der Waals surface area contributed by atoms with Gasteiger partial charge in [-0.25, -0.2) is 4.98 Å². The second-order valence-electron chi connectivity index (χ2n) is 6.32. The van der Waals surface area contributed by atoms with Crippen LogP contribution in [0.15, 0.2) is 18.3 Å². The Morgan fingerprint density at radius 2 is 2.32 bits per heavy atom. The van der Waals surface area contributed by atoms with Crippen LogP contribution < -0.4 is 10.1 Å². The van der Waals surface area contributed by atoms with Gasteiger partial charge in [0.1, 0.15) is 12.4 Å². The van der Waals surface area contributed by atoms with Gasteiger partial charge in [-0.2, -0.15) is 5.10 Å². The standard InChI is InChI=1S/C17H23N5O2S/c1-2-3-14-20-21-17(25)22(14)10-15(23)18-8-13-6-7-16(19-9-13)24-11-12-4-5-12/h6-7,9,12H,2-5,8,10-11H2,1H3,(H,18,23)(H,21,25). The van der Waals surface area contributed by atoms with Crippen LogP contribution in [0.3, 0.4) is 0 Å². The van der Waals surface area contributed by atoms with Gasteiger partial charge < -0.3 is 10.1 Å². The molecule has 0 spiro atoms. The number of hydrogen-bond donors (Lipinski definition) is 2. The van der Waals surface area contributed by atoms with Crippen molar-refractivity contribution in [1.29, 1.82) is 0 Å². The molecule has 1 aliphatic rings. The fraction of sp³-hybridized carbons (Fsp3) is 0.529. The highest BCUT2D eigenvalue weighted by Gasteiger charge is 2.22. The van der Waals surface area contributed by atoms with Crippen molar-refractivity contribution < 1.29 is 9.53 Å². The molecule has 0 aliphatic heterocycles. The predicted molar refractivity (Wildman–Crippen MR) is 95.7 cm³/mol. The van der Waals surface area contributed by atoms with Gasteiger partial charge in [-0.05, 0) is 43.0 Å². The predicted octanol–water partition coefficient (Wildman–Crippen LogP) is 2.39. The summed E-state index contributed by atoms with van der Waals surface area (Å²) < 4.78 is 7.81. The van der Waals surface area contributed by atoms with Crippen molar-refractivity contribution in [3.05, 3.63) is 34.5 Å². The Balaban J connectivity index is 1.48. The number of aromatic nitrogens is 4. The van der Waals surface area contributed by atoms with E-state index >= 15 is 0 Å². The van der Waals surface area contributed by atoms with Crippen LogP contribution in [0.2, 0.25) is 0 Å². The summed E-state index contributed by atoms with van der Waals surface area (Å²) >= 11 is 5.19. The normalized spacial score (nSPS) is 13.6. The summed E-state index contributed by atoms with van der Waals surface area (Å²) in [6.07, 6.45) is 5.97. The number of aromatic amines is 1. The van der Waals surface area contributed by atoms with Gasteiger partial charge in [0.2, 0.25) is 11.8 Å². The van der Waals surface area contributed by atoms with Crippen molar-refractivity contribution in [2.24, 2.45) is 5.92 Å². The molecule has 0 bridgehead atoms. The van der Waals surface area contributed by atoms with Crippen molar-refractivity contribution in [3.63, 3.8) is 0 Å². The first-order valence-electron chi connectivity index (χ1n) is 8.64. The van der Waals surface area contributed by atoms with Crippen LogP contribution in [0.1, 0.15) is 37.6 Å². The number of rotatable bonds is 9. The Bertz CT molecular complexity index is 764. The molecule has 0 aromatic carbocycles. The van der Waals surface area contributed by atoms with Crippen LogP contribution in [-0.4, -0.2) is 32.3 Å². The lowest BCUT2D eigenvalue weighted by atomic mass is 10.3. The van der Waals surface area contributed by atoms with E-state index in [4.69, 9.17) is 17.0 Å². The van der Waals surface area contributed by atoms with Crippen molar-refractivity contribution in [2.75, 3.05) is 6.61 Å². The number of amides is 1. The maximum absolute atomic E-state index is 12.2. The Morgan fingerprint density at radius 1 is 1.48 bits per heavy atom. The van der Waals surface area contributed by atoms with Crippen molar-refractivity contribution in [2.45, 2.75) is 45.7 Å². The zero-order valence-corrected chi connectivity index (χ0v) is 15.1. The average Bonchev–Trinajstić information content (AvgIpc) is 3.39. The van der Waals surface area contributed by atoms with E-state index in [2.05, 4.69) is 27.4 Å². The molecule has 0 atom stereocenters. The molecule has 8 heteroatoms. The van der Waals surface area contributed by atoms with E-state index in [1.165, 1.54) is 12.8 Å². The molecule has 25 heavy (non-hydrogen) atoms. The zero-order valence-electron chi connectivity index (χ0n) is 14.3. The molecule has 1 saturated carbocycles. The van der Waals surface area contributed by atoms with Crippen molar-refractivity contribution >= 4 is 18.1 Å². The quantitative estimate of drug-likeness (QED) is 0.670. The fourth-order valence-electron chi connectivity index (χ4n) is 2.42. The van der Waals surface area contributed by atoms with E-state index in [0.717, 1.165) is 30.8 Å². The van der Waals surface area contributed by atoms with Gasteiger partial charge in [-0.1, -0.05) is 13.0 Å². The average molecular weight is 361 g/mol. The molecule has 1 fully saturated rings. The first-order valence-corrected chi connectivity index (χ1v) is 9.05. The third-order valence-corrected chi connectivity index (χ3v) is 4.38. The van der Waals surface area contributed by atoms with Crippen molar-refractivity contribution in [3.8, 4) is 5.88 Å². The van der Waals surface area contributed by atoms with Gasteiger partial charge in [0.05, 0.1) is 6.61 Å². The molecule has 0 unspecified atom stereocenters. The van der Waals surface area contributed by atoms with E-state index in [1.54, 1.807) is 10.8 Å². The van der Waals surface area contributed by atoms with Crippen LogP contribution in [0.4, 0.5) is 0 Å². The number of aryl methyl sites for hydroxylation is 1. The minimum Gasteiger partial charge on any atom is -0.477 e. The van der Waals surface area contributed by atoms with E-state index in [0.29, 0.717) is 23.1 Å². The molecular weight excluding hydrogens is 338 g/mol. The second-order valence-corrected chi connectivity index (χ2v) is 6.70. The highest BCUT2D eigenvalue weighted by Crippen LogP contribution is 2.29. The summed E-state index contributed by atoms with van der Waals surface area (Å²) in [7, 11) is 0. The van der Waals surface area contributed by atoms with Gasteiger partial charge in [-0.3, -0.25) is 14.5 Å². The first kappa shape index (κ1) is 17.6. The molecule has 2 aromatic heterocycles. The SMILES string of the molecule is CCCc1n[nH]c(=S)n1CC(=O)NCc1ccc(OCC2CC2)nc1. The molecule has 7 nitrogen and oxygen atoms in total. The van der Waals surface area contributed by atoms with E-state index in [-0.39, 0.29) is 12.5 Å². The lowest BCUT2D eigenvalue weighted by Crippen LogP contribution is -2.28. The summed E-state index contributed by atoms with van der Waals surface area (Å²) in [6, 6.07) is 3.76. The van der Waals surface area contributed by atoms with Crippen LogP contribution in [0.25, 0.3) is 0 Å². The molecule has 1 aliphatic carbocycles. The Kier molecular flexibility index (Phi) is 5.80. The Hall–Kier alpha value is -2.22. The minimum absolute atomic E-state index is 0.107. The van der Waals surface area contributed by atoms with Gasteiger partial charge >= 0.3 is 0 Å². The number of nitrogens with zero attached hydrogens (tertiary/aromatic N) is 3. The minimum atomic E-state index is -0.107. The van der Waals surface area contributed by atoms with Gasteiger partial charge in [0.25, 0.3) is 0 Å². The molecule has 3 rings (SSSR count). The lowest BCUT2D eigenvalue weighted by molar-refractivity contribution is -0.121. The highest BCUT2D eigenvalue weighted by molar-refractivity contribution is 7.71. The number of ether oxygens (including phenoxy) is 1. The van der Waals surface area contributed by atoms with Gasteiger partial charge in [0, 0.05) is 25.2 Å². The fourth-order valence-corrected chi connectivity index (χ4v) is 2.63. The van der Waals surface area contributed by atoms with Crippen LogP contribution >= 0.6 is 12.2 Å². The maximum Gasteiger partial charge on any atom is 0.240 e. The van der Waals surface area contributed by atoms with E-state index < -0.39 is 0 Å². The molecule has 2 aromatic rings. The summed E-state index contributed by atoms with van der Waals surface area (Å²) in [5, 5.41) is 9.79. The third-order valence-electron chi connectivity index (χ3n) is 4.06.